The molecule has 2 aromatic carbocycles. The number of nitrogens with zero attached hydrogens (tertiary/aromatic N) is 2. The molecule has 0 radical (unpaired) electrons. The van der Waals surface area contributed by atoms with Crippen molar-refractivity contribution in [3.8, 4) is 11.5 Å². The maximum absolute atomic E-state index is 5.39. The van der Waals surface area contributed by atoms with Crippen molar-refractivity contribution >= 4 is 10.9 Å². The normalized spacial score (nSPS) is 12.7. The smallest absolute Gasteiger partial charge is 0.231 e. The predicted molar refractivity (Wildman–Crippen MR) is 82.6 cm³/mol. The Bertz CT molecular complexity index is 815. The molecule has 0 unspecified atom stereocenters. The van der Waals surface area contributed by atoms with Crippen molar-refractivity contribution < 1.29 is 9.47 Å². The molecule has 110 valence electrons. The lowest BCUT2D eigenvalue weighted by Crippen LogP contribution is -2.14. The molecule has 4 rings (SSSR count). The number of aromatic nitrogens is 2. The van der Waals surface area contributed by atoms with Crippen molar-refractivity contribution in [1.29, 1.82) is 0 Å². The van der Waals surface area contributed by atoms with Crippen molar-refractivity contribution in [2.75, 3.05) is 6.79 Å². The Balaban J connectivity index is 1.46. The van der Waals surface area contributed by atoms with E-state index in [1.807, 2.05) is 42.5 Å². The van der Waals surface area contributed by atoms with Gasteiger partial charge in [0.05, 0.1) is 11.2 Å². The van der Waals surface area contributed by atoms with Crippen LogP contribution < -0.4 is 14.8 Å². The summed E-state index contributed by atoms with van der Waals surface area (Å²) in [6.07, 6.45) is 1.61. The lowest BCUT2D eigenvalue weighted by atomic mass is 10.1. The molecule has 0 amide bonds. The van der Waals surface area contributed by atoms with Gasteiger partial charge in [0.1, 0.15) is 6.33 Å². The third-order valence-electron chi connectivity index (χ3n) is 3.68. The molecule has 5 nitrogen and oxygen atoms in total. The minimum absolute atomic E-state index is 0.305. The molecule has 0 aliphatic carbocycles. The zero-order valence-corrected chi connectivity index (χ0v) is 12.0. The van der Waals surface area contributed by atoms with Gasteiger partial charge in [0.25, 0.3) is 0 Å². The van der Waals surface area contributed by atoms with Crippen molar-refractivity contribution in [2.45, 2.75) is 13.1 Å². The van der Waals surface area contributed by atoms with Gasteiger partial charge in [-0.2, -0.15) is 0 Å². The van der Waals surface area contributed by atoms with E-state index in [0.29, 0.717) is 13.3 Å². The van der Waals surface area contributed by atoms with E-state index < -0.39 is 0 Å². The molecule has 1 N–H and O–H groups in total. The van der Waals surface area contributed by atoms with E-state index in [1.54, 1.807) is 6.33 Å². The maximum Gasteiger partial charge on any atom is 0.231 e. The Morgan fingerprint density at radius 3 is 2.86 bits per heavy atom. The molecule has 1 aliphatic rings. The van der Waals surface area contributed by atoms with E-state index in [-0.39, 0.29) is 0 Å². The second-order valence-electron chi connectivity index (χ2n) is 5.13. The molecule has 0 bridgehead atoms. The van der Waals surface area contributed by atoms with Gasteiger partial charge in [-0.1, -0.05) is 24.3 Å². The fourth-order valence-electron chi connectivity index (χ4n) is 2.58. The Labute approximate surface area is 127 Å². The molecule has 3 aromatic rings. The molecule has 0 saturated carbocycles. The zero-order valence-electron chi connectivity index (χ0n) is 12.0. The highest BCUT2D eigenvalue weighted by Gasteiger charge is 2.13. The van der Waals surface area contributed by atoms with Crippen LogP contribution in [0.4, 0.5) is 0 Å². The van der Waals surface area contributed by atoms with E-state index in [1.165, 1.54) is 0 Å². The summed E-state index contributed by atoms with van der Waals surface area (Å²) in [6, 6.07) is 14.0. The zero-order chi connectivity index (χ0) is 14.8. The summed E-state index contributed by atoms with van der Waals surface area (Å²) in [5, 5.41) is 4.50. The first-order chi connectivity index (χ1) is 10.9. The van der Waals surface area contributed by atoms with E-state index in [4.69, 9.17) is 9.47 Å². The first-order valence-electron chi connectivity index (χ1n) is 7.18. The monoisotopic (exact) mass is 293 g/mol. The molecule has 0 saturated heterocycles. The topological polar surface area (TPSA) is 56.3 Å². The fourth-order valence-corrected chi connectivity index (χ4v) is 2.58. The van der Waals surface area contributed by atoms with E-state index in [2.05, 4.69) is 15.3 Å². The fraction of sp³-hybridized carbons (Fsp3) is 0.176. The first kappa shape index (κ1) is 13.0. The highest BCUT2D eigenvalue weighted by atomic mass is 16.7. The maximum atomic E-state index is 5.39. The Kier molecular flexibility index (Phi) is 3.33. The number of fused-ring (bicyclic) bond motifs is 2. The second-order valence-corrected chi connectivity index (χ2v) is 5.13. The molecular formula is C17H15N3O2. The highest BCUT2D eigenvalue weighted by molar-refractivity contribution is 5.80. The summed E-state index contributed by atoms with van der Waals surface area (Å²) in [4.78, 5) is 8.66. The Morgan fingerprint density at radius 1 is 0.955 bits per heavy atom. The molecule has 1 aliphatic heterocycles. The molecule has 22 heavy (non-hydrogen) atoms. The van der Waals surface area contributed by atoms with Gasteiger partial charge < -0.3 is 14.8 Å². The van der Waals surface area contributed by atoms with Crippen LogP contribution in [0.15, 0.2) is 48.8 Å². The minimum atomic E-state index is 0.305. The lowest BCUT2D eigenvalue weighted by molar-refractivity contribution is 0.174. The third kappa shape index (κ3) is 2.46. The average Bonchev–Trinajstić information content (AvgIpc) is 3.03. The van der Waals surface area contributed by atoms with Crippen molar-refractivity contribution in [2.24, 2.45) is 0 Å². The lowest BCUT2D eigenvalue weighted by Gasteiger charge is -2.07. The number of ether oxygens (including phenoxy) is 2. The van der Waals surface area contributed by atoms with E-state index >= 15 is 0 Å². The van der Waals surface area contributed by atoms with Gasteiger partial charge in [0.15, 0.2) is 11.5 Å². The predicted octanol–water partition coefficient (Wildman–Crippen LogP) is 2.65. The van der Waals surface area contributed by atoms with Crippen LogP contribution >= 0.6 is 0 Å². The third-order valence-corrected chi connectivity index (χ3v) is 3.68. The van der Waals surface area contributed by atoms with Crippen LogP contribution in [0.3, 0.4) is 0 Å². The average molecular weight is 293 g/mol. The van der Waals surface area contributed by atoms with Gasteiger partial charge in [-0.05, 0) is 23.8 Å². The molecule has 0 atom stereocenters. The first-order valence-corrected chi connectivity index (χ1v) is 7.18. The summed E-state index contributed by atoms with van der Waals surface area (Å²) < 4.78 is 10.7. The van der Waals surface area contributed by atoms with Gasteiger partial charge in [0, 0.05) is 18.5 Å². The minimum Gasteiger partial charge on any atom is -0.454 e. The number of nitrogens with one attached hydrogen (secondary N) is 1. The SMILES string of the molecule is c1ccc2c(CNCc3ccc4c(c3)OCO4)ncnc2c1. The van der Waals surface area contributed by atoms with E-state index in [9.17, 15) is 0 Å². The summed E-state index contributed by atoms with van der Waals surface area (Å²) >= 11 is 0. The number of benzene rings is 2. The van der Waals surface area contributed by atoms with Crippen LogP contribution in [0.5, 0.6) is 11.5 Å². The molecule has 0 spiro atoms. The number of rotatable bonds is 4. The summed E-state index contributed by atoms with van der Waals surface area (Å²) in [6.45, 7) is 1.74. The van der Waals surface area contributed by atoms with Crippen LogP contribution in [-0.2, 0) is 13.1 Å². The van der Waals surface area contributed by atoms with Gasteiger partial charge in [-0.3, -0.25) is 0 Å². The summed E-state index contributed by atoms with van der Waals surface area (Å²) in [5.41, 5.74) is 3.13. The van der Waals surface area contributed by atoms with Gasteiger partial charge >= 0.3 is 0 Å². The van der Waals surface area contributed by atoms with Crippen LogP contribution in [-0.4, -0.2) is 16.8 Å². The number of hydrogen-bond acceptors (Lipinski definition) is 5. The number of para-hydroxylation sites is 1. The van der Waals surface area contributed by atoms with Gasteiger partial charge in [0.2, 0.25) is 6.79 Å². The summed E-state index contributed by atoms with van der Waals surface area (Å²) in [7, 11) is 0. The second kappa shape index (κ2) is 5.61. The molecule has 2 heterocycles. The summed E-state index contributed by atoms with van der Waals surface area (Å²) in [5.74, 6) is 1.62. The largest absolute Gasteiger partial charge is 0.454 e. The Hall–Kier alpha value is -2.66. The Morgan fingerprint density at radius 2 is 1.86 bits per heavy atom. The van der Waals surface area contributed by atoms with Crippen molar-refractivity contribution in [3.63, 3.8) is 0 Å². The standard InChI is InChI=1S/C17H15N3O2/c1-2-4-14-13(3-1)15(20-10-19-14)9-18-8-12-5-6-16-17(7-12)22-11-21-16/h1-7,10,18H,8-9,11H2. The van der Waals surface area contributed by atoms with Crippen LogP contribution in [0.1, 0.15) is 11.3 Å². The molecular weight excluding hydrogens is 278 g/mol. The van der Waals surface area contributed by atoms with E-state index in [0.717, 1.165) is 40.2 Å². The van der Waals surface area contributed by atoms with Gasteiger partial charge in [-0.15, -0.1) is 0 Å². The number of hydrogen-bond donors (Lipinski definition) is 1. The quantitative estimate of drug-likeness (QED) is 0.801. The highest BCUT2D eigenvalue weighted by Crippen LogP contribution is 2.32. The van der Waals surface area contributed by atoms with Crippen LogP contribution in [0.25, 0.3) is 10.9 Å². The van der Waals surface area contributed by atoms with Crippen LogP contribution in [0, 0.1) is 0 Å². The van der Waals surface area contributed by atoms with Crippen molar-refractivity contribution in [3.05, 3.63) is 60.0 Å². The molecule has 0 fully saturated rings. The molecule has 5 heteroatoms. The van der Waals surface area contributed by atoms with Gasteiger partial charge in [-0.25, -0.2) is 9.97 Å². The van der Waals surface area contributed by atoms with Crippen LogP contribution in [0.2, 0.25) is 0 Å². The van der Waals surface area contributed by atoms with Crippen molar-refractivity contribution in [1.82, 2.24) is 15.3 Å². The molecule has 1 aromatic heterocycles.